The molecule has 2 heterocycles. The van der Waals surface area contributed by atoms with Crippen molar-refractivity contribution in [3.63, 3.8) is 0 Å². The fourth-order valence-electron chi connectivity index (χ4n) is 1.72. The van der Waals surface area contributed by atoms with E-state index in [2.05, 4.69) is 15.3 Å². The number of carbonyl (C=O) groups is 1. The number of hydrogen-bond donors (Lipinski definition) is 2. The lowest BCUT2D eigenvalue weighted by Crippen LogP contribution is -2.21. The van der Waals surface area contributed by atoms with Crippen LogP contribution in [0.2, 0.25) is 0 Å². The molecule has 0 aliphatic rings. The van der Waals surface area contributed by atoms with Crippen molar-refractivity contribution in [1.29, 1.82) is 0 Å². The second-order valence-corrected chi connectivity index (χ2v) is 5.43. The van der Waals surface area contributed by atoms with Crippen molar-refractivity contribution >= 4 is 23.3 Å². The highest BCUT2D eigenvalue weighted by Gasteiger charge is 2.22. The molecule has 7 heteroatoms. The van der Waals surface area contributed by atoms with Crippen LogP contribution in [0, 0.1) is 6.92 Å². The minimum atomic E-state index is -0.974. The van der Waals surface area contributed by atoms with Crippen LogP contribution < -0.4 is 10.1 Å². The van der Waals surface area contributed by atoms with E-state index in [0.29, 0.717) is 23.1 Å². The van der Waals surface area contributed by atoms with Crippen LogP contribution in [0.5, 0.6) is 5.88 Å². The zero-order chi connectivity index (χ0) is 15.2. The lowest BCUT2D eigenvalue weighted by molar-refractivity contribution is -0.138. The van der Waals surface area contributed by atoms with Gasteiger partial charge in [-0.1, -0.05) is 13.0 Å². The van der Waals surface area contributed by atoms with Crippen LogP contribution in [0.25, 0.3) is 0 Å². The normalized spacial score (nSPS) is 11.9. The Morgan fingerprint density at radius 3 is 2.95 bits per heavy atom. The van der Waals surface area contributed by atoms with Crippen LogP contribution in [0.15, 0.2) is 23.6 Å². The molecule has 2 aromatic heterocycles. The summed E-state index contributed by atoms with van der Waals surface area (Å²) in [6.07, 6.45) is 0.874. The molecule has 21 heavy (non-hydrogen) atoms. The summed E-state index contributed by atoms with van der Waals surface area (Å²) in [5.74, 6) is -0.275. The highest BCUT2D eigenvalue weighted by atomic mass is 32.1. The van der Waals surface area contributed by atoms with Gasteiger partial charge in [-0.25, -0.2) is 9.78 Å². The summed E-state index contributed by atoms with van der Waals surface area (Å²) >= 11 is 1.37. The quantitative estimate of drug-likeness (QED) is 0.818. The summed E-state index contributed by atoms with van der Waals surface area (Å²) in [6, 6.07) is 4.43. The van der Waals surface area contributed by atoms with E-state index < -0.39 is 12.0 Å². The zero-order valence-corrected chi connectivity index (χ0v) is 12.7. The second kappa shape index (κ2) is 7.03. The molecule has 0 saturated carbocycles. The monoisotopic (exact) mass is 307 g/mol. The van der Waals surface area contributed by atoms with Crippen molar-refractivity contribution < 1.29 is 14.6 Å². The topological polar surface area (TPSA) is 84.3 Å². The smallest absolute Gasteiger partial charge is 0.331 e. The number of thiophene rings is 1. The zero-order valence-electron chi connectivity index (χ0n) is 11.9. The summed E-state index contributed by atoms with van der Waals surface area (Å²) in [4.78, 5) is 20.5. The van der Waals surface area contributed by atoms with Gasteiger partial charge < -0.3 is 15.2 Å². The molecule has 0 spiro atoms. The third-order valence-electron chi connectivity index (χ3n) is 2.63. The molecule has 6 nitrogen and oxygen atoms in total. The van der Waals surface area contributed by atoms with Gasteiger partial charge in [0, 0.05) is 16.6 Å². The van der Waals surface area contributed by atoms with Gasteiger partial charge in [-0.3, -0.25) is 0 Å². The standard InChI is InChI=1S/C14H17N3O3S/c1-3-6-20-11-8-9(2)15-14(16-11)17-12(13(18)19)10-5-4-7-21-10/h4-5,7-8,12H,3,6H2,1-2H3,(H,18,19)(H,15,16,17). The van der Waals surface area contributed by atoms with Crippen molar-refractivity contribution in [1.82, 2.24) is 9.97 Å². The molecule has 0 fully saturated rings. The number of rotatable bonds is 7. The summed E-state index contributed by atoms with van der Waals surface area (Å²) < 4.78 is 5.47. The summed E-state index contributed by atoms with van der Waals surface area (Å²) in [7, 11) is 0. The van der Waals surface area contributed by atoms with Gasteiger partial charge in [-0.05, 0) is 24.8 Å². The van der Waals surface area contributed by atoms with Crippen LogP contribution in [0.1, 0.15) is 30.0 Å². The number of ether oxygens (including phenoxy) is 1. The first-order valence-corrected chi connectivity index (χ1v) is 7.49. The van der Waals surface area contributed by atoms with E-state index >= 15 is 0 Å². The van der Waals surface area contributed by atoms with Crippen LogP contribution in [-0.2, 0) is 4.79 Å². The molecule has 1 unspecified atom stereocenters. The number of aliphatic carboxylic acids is 1. The summed E-state index contributed by atoms with van der Waals surface area (Å²) in [5.41, 5.74) is 0.717. The average Bonchev–Trinajstić information content (AvgIpc) is 2.95. The number of nitrogens with one attached hydrogen (secondary N) is 1. The van der Waals surface area contributed by atoms with Gasteiger partial charge in [0.05, 0.1) is 6.61 Å². The number of carboxylic acids is 1. The molecule has 2 aromatic rings. The van der Waals surface area contributed by atoms with Crippen molar-refractivity contribution in [2.75, 3.05) is 11.9 Å². The predicted molar refractivity (Wildman–Crippen MR) is 80.9 cm³/mol. The Morgan fingerprint density at radius 2 is 2.33 bits per heavy atom. The third kappa shape index (κ3) is 4.16. The molecule has 1 atom stereocenters. The average molecular weight is 307 g/mol. The molecule has 0 bridgehead atoms. The van der Waals surface area contributed by atoms with E-state index in [9.17, 15) is 9.90 Å². The van der Waals surface area contributed by atoms with Gasteiger partial charge >= 0.3 is 5.97 Å². The number of aromatic nitrogens is 2. The van der Waals surface area contributed by atoms with E-state index in [1.165, 1.54) is 11.3 Å². The van der Waals surface area contributed by atoms with Crippen LogP contribution in [0.4, 0.5) is 5.95 Å². The van der Waals surface area contributed by atoms with Gasteiger partial charge in [0.15, 0.2) is 6.04 Å². The van der Waals surface area contributed by atoms with Crippen LogP contribution in [-0.4, -0.2) is 27.7 Å². The van der Waals surface area contributed by atoms with Crippen molar-refractivity contribution in [3.8, 4) is 5.88 Å². The minimum Gasteiger partial charge on any atom is -0.479 e. The lowest BCUT2D eigenvalue weighted by Gasteiger charge is -2.14. The molecule has 112 valence electrons. The number of anilines is 1. The van der Waals surface area contributed by atoms with Gasteiger partial charge in [0.25, 0.3) is 0 Å². The number of carboxylic acid groups (broad SMARTS) is 1. The summed E-state index contributed by atoms with van der Waals surface area (Å²) in [6.45, 7) is 4.38. The maximum atomic E-state index is 11.4. The SMILES string of the molecule is CCCOc1cc(C)nc(NC(C(=O)O)c2cccs2)n1. The summed E-state index contributed by atoms with van der Waals surface area (Å²) in [5, 5.41) is 14.0. The first kappa shape index (κ1) is 15.2. The second-order valence-electron chi connectivity index (χ2n) is 4.45. The highest BCUT2D eigenvalue weighted by molar-refractivity contribution is 7.10. The third-order valence-corrected chi connectivity index (χ3v) is 3.57. The fraction of sp³-hybridized carbons (Fsp3) is 0.357. The first-order valence-electron chi connectivity index (χ1n) is 6.61. The van der Waals surface area contributed by atoms with E-state index in [0.717, 1.165) is 6.42 Å². The first-order chi connectivity index (χ1) is 10.1. The van der Waals surface area contributed by atoms with E-state index in [1.54, 1.807) is 12.1 Å². The largest absolute Gasteiger partial charge is 0.479 e. The molecule has 2 rings (SSSR count). The number of aryl methyl sites for hydroxylation is 1. The molecule has 2 N–H and O–H groups in total. The number of hydrogen-bond acceptors (Lipinski definition) is 6. The van der Waals surface area contributed by atoms with Crippen LogP contribution >= 0.6 is 11.3 Å². The molecule has 0 amide bonds. The molecular formula is C14H17N3O3S. The molecule has 0 aliphatic carbocycles. The Bertz CT molecular complexity index is 602. The fourth-order valence-corrected chi connectivity index (χ4v) is 2.49. The Hall–Kier alpha value is -2.15. The Kier molecular flexibility index (Phi) is 5.10. The highest BCUT2D eigenvalue weighted by Crippen LogP contribution is 2.23. The van der Waals surface area contributed by atoms with E-state index in [1.807, 2.05) is 25.3 Å². The Morgan fingerprint density at radius 1 is 1.52 bits per heavy atom. The van der Waals surface area contributed by atoms with Gasteiger partial charge in [0.1, 0.15) is 0 Å². The Labute approximate surface area is 126 Å². The number of nitrogens with zero attached hydrogens (tertiary/aromatic N) is 2. The van der Waals surface area contributed by atoms with Gasteiger partial charge in [-0.2, -0.15) is 4.98 Å². The molecule has 0 aliphatic heterocycles. The maximum absolute atomic E-state index is 11.4. The maximum Gasteiger partial charge on any atom is 0.331 e. The van der Waals surface area contributed by atoms with E-state index in [4.69, 9.17) is 4.74 Å². The van der Waals surface area contributed by atoms with Gasteiger partial charge in [-0.15, -0.1) is 11.3 Å². The van der Waals surface area contributed by atoms with E-state index in [-0.39, 0.29) is 5.95 Å². The van der Waals surface area contributed by atoms with Crippen molar-refractivity contribution in [3.05, 3.63) is 34.2 Å². The van der Waals surface area contributed by atoms with Crippen molar-refractivity contribution in [2.24, 2.45) is 0 Å². The molecule has 0 radical (unpaired) electrons. The van der Waals surface area contributed by atoms with Crippen LogP contribution in [0.3, 0.4) is 0 Å². The minimum absolute atomic E-state index is 0.252. The predicted octanol–water partition coefficient (Wildman–Crippen LogP) is 2.87. The molecule has 0 aromatic carbocycles. The Balaban J connectivity index is 2.20. The molecule has 0 saturated heterocycles. The lowest BCUT2D eigenvalue weighted by atomic mass is 10.2. The molecular weight excluding hydrogens is 290 g/mol. The van der Waals surface area contributed by atoms with Gasteiger partial charge in [0.2, 0.25) is 11.8 Å². The van der Waals surface area contributed by atoms with Crippen molar-refractivity contribution in [2.45, 2.75) is 26.3 Å².